The van der Waals surface area contributed by atoms with E-state index in [2.05, 4.69) is 11.6 Å². The van der Waals surface area contributed by atoms with Gasteiger partial charge in [-0.1, -0.05) is 30.0 Å². The van der Waals surface area contributed by atoms with E-state index in [-0.39, 0.29) is 5.56 Å². The molecule has 5 heteroatoms. The maximum Gasteiger partial charge on any atom is 0.262 e. The molecule has 0 saturated heterocycles. The van der Waals surface area contributed by atoms with Gasteiger partial charge in [-0.3, -0.25) is 9.36 Å². The van der Waals surface area contributed by atoms with E-state index in [0.29, 0.717) is 28.4 Å². The molecule has 1 aromatic heterocycles. The average Bonchev–Trinajstić information content (AvgIpc) is 2.39. The fraction of sp³-hybridized carbons (Fsp3) is 0.333. The molecule has 20 heavy (non-hydrogen) atoms. The largest absolute Gasteiger partial charge is 0.390 e. The Morgan fingerprint density at radius 3 is 2.80 bits per heavy atom. The zero-order valence-electron chi connectivity index (χ0n) is 11.7. The molecule has 0 atom stereocenters. The number of nitrogens with zero attached hydrogens (tertiary/aromatic N) is 2. The Morgan fingerprint density at radius 1 is 1.45 bits per heavy atom. The summed E-state index contributed by atoms with van der Waals surface area (Å²) in [6.45, 7) is 7.55. The van der Waals surface area contributed by atoms with Crippen molar-refractivity contribution in [3.8, 4) is 0 Å². The van der Waals surface area contributed by atoms with Gasteiger partial charge >= 0.3 is 0 Å². The van der Waals surface area contributed by atoms with Crippen LogP contribution in [0.25, 0.3) is 10.9 Å². The first-order valence-electron chi connectivity index (χ1n) is 6.38. The monoisotopic (exact) mass is 290 g/mol. The number of aromatic nitrogens is 2. The van der Waals surface area contributed by atoms with Gasteiger partial charge in [-0.2, -0.15) is 0 Å². The van der Waals surface area contributed by atoms with Crippen LogP contribution in [0.3, 0.4) is 0 Å². The first-order valence-corrected chi connectivity index (χ1v) is 7.36. The van der Waals surface area contributed by atoms with Crippen LogP contribution in [-0.4, -0.2) is 26.0 Å². The highest BCUT2D eigenvalue weighted by atomic mass is 32.2. The van der Waals surface area contributed by atoms with Gasteiger partial charge in [0.2, 0.25) is 0 Å². The molecule has 0 unspecified atom stereocenters. The fourth-order valence-corrected chi connectivity index (χ4v) is 2.75. The zero-order chi connectivity index (χ0) is 14.8. The summed E-state index contributed by atoms with van der Waals surface area (Å²) in [7, 11) is 0. The van der Waals surface area contributed by atoms with Gasteiger partial charge in [-0.25, -0.2) is 4.98 Å². The minimum Gasteiger partial charge on any atom is -0.390 e. The van der Waals surface area contributed by atoms with E-state index < -0.39 is 5.60 Å². The van der Waals surface area contributed by atoms with Gasteiger partial charge < -0.3 is 5.11 Å². The summed E-state index contributed by atoms with van der Waals surface area (Å²) in [4.78, 5) is 17.0. The summed E-state index contributed by atoms with van der Waals surface area (Å²) >= 11 is 1.38. The standard InChI is InChI=1S/C15H18N2O2S/c1-4-9-17-13(18)11-7-5-6-8-12(11)16-14(17)20-10-15(2,3)19/h4-8,19H,1,9-10H2,2-3H3. The van der Waals surface area contributed by atoms with Crippen LogP contribution in [0.5, 0.6) is 0 Å². The molecule has 2 aromatic rings. The number of benzene rings is 1. The molecule has 2 rings (SSSR count). The second-order valence-electron chi connectivity index (χ2n) is 5.22. The predicted octanol–water partition coefficient (Wildman–Crippen LogP) is 2.45. The van der Waals surface area contributed by atoms with Gasteiger partial charge in [0.05, 0.1) is 16.5 Å². The smallest absolute Gasteiger partial charge is 0.262 e. The van der Waals surface area contributed by atoms with Gasteiger partial charge in [-0.05, 0) is 26.0 Å². The minimum atomic E-state index is -0.812. The number of hydrogen-bond acceptors (Lipinski definition) is 4. The van der Waals surface area contributed by atoms with E-state index in [1.807, 2.05) is 18.2 Å². The second-order valence-corrected chi connectivity index (χ2v) is 6.16. The summed E-state index contributed by atoms with van der Waals surface area (Å²) in [5.74, 6) is 0.467. The number of para-hydroxylation sites is 1. The van der Waals surface area contributed by atoms with Crippen molar-refractivity contribution in [1.29, 1.82) is 0 Å². The van der Waals surface area contributed by atoms with Crippen LogP contribution >= 0.6 is 11.8 Å². The maximum absolute atomic E-state index is 12.5. The molecule has 106 valence electrons. The van der Waals surface area contributed by atoms with Crippen LogP contribution in [0.1, 0.15) is 13.8 Å². The van der Waals surface area contributed by atoms with Crippen LogP contribution in [0.15, 0.2) is 46.9 Å². The van der Waals surface area contributed by atoms with E-state index >= 15 is 0 Å². The number of allylic oxidation sites excluding steroid dienone is 1. The second kappa shape index (κ2) is 5.81. The average molecular weight is 290 g/mol. The van der Waals surface area contributed by atoms with Crippen molar-refractivity contribution >= 4 is 22.7 Å². The molecule has 0 aliphatic rings. The van der Waals surface area contributed by atoms with E-state index in [0.717, 1.165) is 0 Å². The van der Waals surface area contributed by atoms with Crippen molar-refractivity contribution in [2.24, 2.45) is 0 Å². The van der Waals surface area contributed by atoms with Gasteiger partial charge in [0.15, 0.2) is 5.16 Å². The van der Waals surface area contributed by atoms with Crippen LogP contribution < -0.4 is 5.56 Å². The lowest BCUT2D eigenvalue weighted by atomic mass is 10.2. The van der Waals surface area contributed by atoms with E-state index in [1.54, 1.807) is 30.6 Å². The van der Waals surface area contributed by atoms with Crippen LogP contribution in [-0.2, 0) is 6.54 Å². The Bertz CT molecular complexity index is 686. The predicted molar refractivity (Wildman–Crippen MR) is 83.2 cm³/mol. The molecule has 0 aliphatic heterocycles. The number of thioether (sulfide) groups is 1. The lowest BCUT2D eigenvalue weighted by molar-refractivity contribution is 0.107. The number of aliphatic hydroxyl groups is 1. The van der Waals surface area contributed by atoms with Gasteiger partial charge in [0.25, 0.3) is 5.56 Å². The summed E-state index contributed by atoms with van der Waals surface area (Å²) in [5, 5.41) is 11.0. The van der Waals surface area contributed by atoms with Crippen molar-refractivity contribution in [3.63, 3.8) is 0 Å². The lowest BCUT2D eigenvalue weighted by Gasteiger charge is -2.17. The van der Waals surface area contributed by atoms with Crippen molar-refractivity contribution in [2.75, 3.05) is 5.75 Å². The van der Waals surface area contributed by atoms with E-state index in [4.69, 9.17) is 0 Å². The molecule has 0 amide bonds. The molecule has 1 aromatic carbocycles. The highest BCUT2D eigenvalue weighted by molar-refractivity contribution is 7.99. The van der Waals surface area contributed by atoms with Crippen LogP contribution in [0.4, 0.5) is 0 Å². The quantitative estimate of drug-likeness (QED) is 0.522. The van der Waals surface area contributed by atoms with Crippen LogP contribution in [0.2, 0.25) is 0 Å². The topological polar surface area (TPSA) is 55.1 Å². The molecule has 4 nitrogen and oxygen atoms in total. The SMILES string of the molecule is C=CCn1c(SCC(C)(C)O)nc2ccccc2c1=O. The molecular weight excluding hydrogens is 272 g/mol. The molecule has 0 spiro atoms. The molecular formula is C15H18N2O2S. The van der Waals surface area contributed by atoms with Gasteiger partial charge in [0.1, 0.15) is 0 Å². The third-order valence-electron chi connectivity index (χ3n) is 2.69. The minimum absolute atomic E-state index is 0.0752. The number of fused-ring (bicyclic) bond motifs is 1. The Kier molecular flexibility index (Phi) is 4.30. The van der Waals surface area contributed by atoms with Crippen molar-refractivity contribution in [2.45, 2.75) is 31.1 Å². The molecule has 0 radical (unpaired) electrons. The van der Waals surface area contributed by atoms with E-state index in [1.165, 1.54) is 11.8 Å². The van der Waals surface area contributed by atoms with Gasteiger partial charge in [-0.15, -0.1) is 6.58 Å². The number of hydrogen-bond donors (Lipinski definition) is 1. The maximum atomic E-state index is 12.5. The molecule has 1 N–H and O–H groups in total. The Balaban J connectivity index is 2.53. The normalized spacial score (nSPS) is 11.8. The van der Waals surface area contributed by atoms with Gasteiger partial charge in [0, 0.05) is 12.3 Å². The Labute approximate surface area is 122 Å². The molecule has 0 fully saturated rings. The molecule has 0 saturated carbocycles. The zero-order valence-corrected chi connectivity index (χ0v) is 12.5. The first-order chi connectivity index (χ1) is 9.42. The molecule has 0 aliphatic carbocycles. The van der Waals surface area contributed by atoms with Crippen molar-refractivity contribution < 1.29 is 5.11 Å². The highest BCUT2D eigenvalue weighted by Crippen LogP contribution is 2.21. The molecule has 0 bridgehead atoms. The third kappa shape index (κ3) is 3.29. The third-order valence-corrected chi connectivity index (χ3v) is 4.11. The summed E-state index contributed by atoms with van der Waals surface area (Å²) < 4.78 is 1.59. The van der Waals surface area contributed by atoms with Crippen molar-refractivity contribution in [3.05, 3.63) is 47.3 Å². The Morgan fingerprint density at radius 2 is 2.15 bits per heavy atom. The first kappa shape index (κ1) is 14.8. The number of rotatable bonds is 5. The fourth-order valence-electron chi connectivity index (χ4n) is 1.79. The summed E-state index contributed by atoms with van der Waals surface area (Å²) in [6.07, 6.45) is 1.67. The summed E-state index contributed by atoms with van der Waals surface area (Å²) in [5.41, 5.74) is -0.211. The van der Waals surface area contributed by atoms with Crippen LogP contribution in [0, 0.1) is 0 Å². The van der Waals surface area contributed by atoms with E-state index in [9.17, 15) is 9.90 Å². The highest BCUT2D eigenvalue weighted by Gasteiger charge is 2.16. The molecule has 1 heterocycles. The van der Waals surface area contributed by atoms with Crippen molar-refractivity contribution in [1.82, 2.24) is 9.55 Å². The lowest BCUT2D eigenvalue weighted by Crippen LogP contribution is -2.26. The Hall–Kier alpha value is -1.59. The summed E-state index contributed by atoms with van der Waals surface area (Å²) in [6, 6.07) is 7.28.